The Morgan fingerprint density at radius 3 is 2.79 bits per heavy atom. The predicted molar refractivity (Wildman–Crippen MR) is 50.7 cm³/mol. The van der Waals surface area contributed by atoms with Crippen molar-refractivity contribution < 1.29 is 14.0 Å². The normalized spacial score (nSPS) is 9.57. The Bertz CT molecular complexity index is 351. The van der Waals surface area contributed by atoms with Gasteiger partial charge in [-0.05, 0) is 11.4 Å². The molecule has 0 radical (unpaired) electrons. The average molecular weight is 216 g/mol. The maximum absolute atomic E-state index is 12.9. The molecule has 0 unspecified atom stereocenters. The van der Waals surface area contributed by atoms with Crippen LogP contribution in [0.2, 0.25) is 0 Å². The third-order valence-corrected chi connectivity index (χ3v) is 2.40. The standard InChI is InChI=1S/C8H9FN2O2S/c1-10-6(12)4-11-8(13)7-5(9)2-3-14-7/h2-3H,4H2,1H3,(H,10,12)(H,11,13). The first-order valence-electron chi connectivity index (χ1n) is 3.87. The second kappa shape index (κ2) is 4.71. The number of hydrogen-bond acceptors (Lipinski definition) is 3. The average Bonchev–Trinajstić information content (AvgIpc) is 2.60. The highest BCUT2D eigenvalue weighted by molar-refractivity contribution is 7.12. The first-order valence-corrected chi connectivity index (χ1v) is 4.75. The Balaban J connectivity index is 2.52. The van der Waals surface area contributed by atoms with E-state index >= 15 is 0 Å². The Morgan fingerprint density at radius 2 is 2.29 bits per heavy atom. The van der Waals surface area contributed by atoms with E-state index in [4.69, 9.17) is 0 Å². The number of carbonyl (C=O) groups is 2. The fraction of sp³-hybridized carbons (Fsp3) is 0.250. The van der Waals surface area contributed by atoms with Gasteiger partial charge in [0.2, 0.25) is 5.91 Å². The van der Waals surface area contributed by atoms with Crippen molar-refractivity contribution in [2.24, 2.45) is 0 Å². The summed E-state index contributed by atoms with van der Waals surface area (Å²) < 4.78 is 12.9. The summed E-state index contributed by atoms with van der Waals surface area (Å²) >= 11 is 0.998. The Morgan fingerprint density at radius 1 is 1.57 bits per heavy atom. The molecule has 0 aliphatic rings. The fourth-order valence-electron chi connectivity index (χ4n) is 0.785. The molecule has 0 atom stereocenters. The number of thiophene rings is 1. The summed E-state index contributed by atoms with van der Waals surface area (Å²) in [5.41, 5.74) is 0. The fourth-order valence-corrected chi connectivity index (χ4v) is 1.47. The van der Waals surface area contributed by atoms with Crippen LogP contribution in [0.1, 0.15) is 9.67 Å². The van der Waals surface area contributed by atoms with E-state index in [2.05, 4.69) is 10.6 Å². The quantitative estimate of drug-likeness (QED) is 0.766. The second-order valence-corrected chi connectivity index (χ2v) is 3.37. The van der Waals surface area contributed by atoms with Gasteiger partial charge in [0.1, 0.15) is 10.7 Å². The van der Waals surface area contributed by atoms with Crippen LogP contribution in [0, 0.1) is 5.82 Å². The number of nitrogens with one attached hydrogen (secondary N) is 2. The summed E-state index contributed by atoms with van der Waals surface area (Å²) in [6, 6.07) is 1.21. The zero-order valence-electron chi connectivity index (χ0n) is 7.46. The highest BCUT2D eigenvalue weighted by atomic mass is 32.1. The maximum Gasteiger partial charge on any atom is 0.264 e. The first kappa shape index (κ1) is 10.6. The van der Waals surface area contributed by atoms with Crippen LogP contribution in [0.15, 0.2) is 11.4 Å². The van der Waals surface area contributed by atoms with Crippen molar-refractivity contribution in [1.29, 1.82) is 0 Å². The molecule has 2 amide bonds. The van der Waals surface area contributed by atoms with Crippen molar-refractivity contribution in [2.45, 2.75) is 0 Å². The molecule has 0 aromatic carbocycles. The minimum atomic E-state index is -0.568. The minimum Gasteiger partial charge on any atom is -0.358 e. The number of rotatable bonds is 3. The number of halogens is 1. The van der Waals surface area contributed by atoms with Gasteiger partial charge in [-0.2, -0.15) is 0 Å². The highest BCUT2D eigenvalue weighted by Crippen LogP contribution is 2.13. The van der Waals surface area contributed by atoms with Gasteiger partial charge in [-0.3, -0.25) is 9.59 Å². The smallest absolute Gasteiger partial charge is 0.264 e. The van der Waals surface area contributed by atoms with Gasteiger partial charge in [0.05, 0.1) is 6.54 Å². The van der Waals surface area contributed by atoms with Crippen LogP contribution in [0.5, 0.6) is 0 Å². The minimum absolute atomic E-state index is 0.00565. The molecular formula is C8H9FN2O2S. The van der Waals surface area contributed by atoms with E-state index in [1.165, 1.54) is 18.5 Å². The lowest BCUT2D eigenvalue weighted by molar-refractivity contribution is -0.119. The van der Waals surface area contributed by atoms with Crippen LogP contribution in [-0.4, -0.2) is 25.4 Å². The lowest BCUT2D eigenvalue weighted by Gasteiger charge is -2.01. The van der Waals surface area contributed by atoms with Crippen molar-refractivity contribution in [1.82, 2.24) is 10.6 Å². The van der Waals surface area contributed by atoms with Gasteiger partial charge in [0.15, 0.2) is 0 Å². The molecule has 1 aromatic rings. The molecule has 1 aromatic heterocycles. The molecule has 0 saturated heterocycles. The predicted octanol–water partition coefficient (Wildman–Crippen LogP) is 0.363. The first-order chi connectivity index (χ1) is 6.65. The SMILES string of the molecule is CNC(=O)CNC(=O)c1sccc1F. The van der Waals surface area contributed by atoms with E-state index < -0.39 is 11.7 Å². The van der Waals surface area contributed by atoms with Crippen LogP contribution >= 0.6 is 11.3 Å². The molecule has 1 rings (SSSR count). The topological polar surface area (TPSA) is 58.2 Å². The summed E-state index contributed by atoms with van der Waals surface area (Å²) in [6.07, 6.45) is 0. The van der Waals surface area contributed by atoms with Crippen LogP contribution in [0.4, 0.5) is 4.39 Å². The zero-order chi connectivity index (χ0) is 10.6. The summed E-state index contributed by atoms with van der Waals surface area (Å²) in [7, 11) is 1.46. The van der Waals surface area contributed by atoms with Crippen LogP contribution in [-0.2, 0) is 4.79 Å². The van der Waals surface area contributed by atoms with Gasteiger partial charge in [0, 0.05) is 7.05 Å². The van der Waals surface area contributed by atoms with E-state index in [-0.39, 0.29) is 17.3 Å². The van der Waals surface area contributed by atoms with Crippen LogP contribution in [0.25, 0.3) is 0 Å². The lowest BCUT2D eigenvalue weighted by Crippen LogP contribution is -2.35. The van der Waals surface area contributed by atoms with Gasteiger partial charge >= 0.3 is 0 Å². The van der Waals surface area contributed by atoms with Crippen molar-refractivity contribution in [3.05, 3.63) is 22.1 Å². The van der Waals surface area contributed by atoms with E-state index in [0.717, 1.165) is 11.3 Å². The Labute approximate surface area is 84.1 Å². The van der Waals surface area contributed by atoms with Crippen LogP contribution < -0.4 is 10.6 Å². The Hall–Kier alpha value is -1.43. The third kappa shape index (κ3) is 2.53. The van der Waals surface area contributed by atoms with Crippen molar-refractivity contribution in [3.8, 4) is 0 Å². The monoisotopic (exact) mass is 216 g/mol. The van der Waals surface area contributed by atoms with Gasteiger partial charge in [-0.1, -0.05) is 0 Å². The molecule has 4 nitrogen and oxygen atoms in total. The zero-order valence-corrected chi connectivity index (χ0v) is 8.28. The molecule has 0 bridgehead atoms. The second-order valence-electron chi connectivity index (χ2n) is 2.45. The molecule has 0 aliphatic heterocycles. The largest absolute Gasteiger partial charge is 0.358 e. The van der Waals surface area contributed by atoms with E-state index in [1.807, 2.05) is 0 Å². The molecule has 2 N–H and O–H groups in total. The summed E-state index contributed by atoms with van der Waals surface area (Å²) in [5, 5.41) is 6.11. The number of amides is 2. The van der Waals surface area contributed by atoms with Gasteiger partial charge < -0.3 is 10.6 Å². The van der Waals surface area contributed by atoms with Gasteiger partial charge in [-0.15, -0.1) is 11.3 Å². The molecule has 0 saturated carbocycles. The highest BCUT2D eigenvalue weighted by Gasteiger charge is 2.13. The maximum atomic E-state index is 12.9. The summed E-state index contributed by atoms with van der Waals surface area (Å²) in [5.74, 6) is -1.46. The molecule has 1 heterocycles. The number of hydrogen-bond donors (Lipinski definition) is 2. The molecule has 76 valence electrons. The summed E-state index contributed by atoms with van der Waals surface area (Å²) in [6.45, 7) is -0.146. The van der Waals surface area contributed by atoms with Gasteiger partial charge in [0.25, 0.3) is 5.91 Å². The van der Waals surface area contributed by atoms with Gasteiger partial charge in [-0.25, -0.2) is 4.39 Å². The van der Waals surface area contributed by atoms with E-state index in [9.17, 15) is 14.0 Å². The van der Waals surface area contributed by atoms with Crippen molar-refractivity contribution >= 4 is 23.2 Å². The van der Waals surface area contributed by atoms with Crippen molar-refractivity contribution in [3.63, 3.8) is 0 Å². The molecule has 14 heavy (non-hydrogen) atoms. The lowest BCUT2D eigenvalue weighted by atomic mass is 10.4. The molecular weight excluding hydrogens is 207 g/mol. The molecule has 0 spiro atoms. The Kier molecular flexibility index (Phi) is 3.58. The van der Waals surface area contributed by atoms with Crippen molar-refractivity contribution in [2.75, 3.05) is 13.6 Å². The molecule has 6 heteroatoms. The number of carbonyl (C=O) groups excluding carboxylic acids is 2. The molecule has 0 fully saturated rings. The number of likely N-dealkylation sites (N-methyl/N-ethyl adjacent to an activating group) is 1. The van der Waals surface area contributed by atoms with Crippen LogP contribution in [0.3, 0.4) is 0 Å². The summed E-state index contributed by atoms with van der Waals surface area (Å²) in [4.78, 5) is 22.0. The van der Waals surface area contributed by atoms with E-state index in [1.54, 1.807) is 0 Å². The third-order valence-electron chi connectivity index (χ3n) is 1.51. The molecule has 0 aliphatic carbocycles. The van der Waals surface area contributed by atoms with E-state index in [0.29, 0.717) is 0 Å².